The number of hydrogen-bond donors (Lipinski definition) is 1. The molecule has 2 heterocycles. The first-order chi connectivity index (χ1) is 14.4. The molecule has 0 saturated carbocycles. The first-order valence-corrected chi connectivity index (χ1v) is 9.46. The Hall–Kier alpha value is -3.93. The van der Waals surface area contributed by atoms with Crippen molar-refractivity contribution < 1.29 is 4.74 Å². The molecule has 0 amide bonds. The third kappa shape index (κ3) is 3.60. The number of ether oxygens (including phenoxy) is 1. The molecule has 29 heavy (non-hydrogen) atoms. The number of tetrazole rings is 1. The molecule has 6 nitrogen and oxygen atoms in total. The van der Waals surface area contributed by atoms with E-state index in [1.54, 1.807) is 4.68 Å². The molecule has 1 aromatic heterocycles. The van der Waals surface area contributed by atoms with Gasteiger partial charge >= 0.3 is 0 Å². The lowest BCUT2D eigenvalue weighted by Crippen LogP contribution is -2.20. The van der Waals surface area contributed by atoms with Crippen LogP contribution in [0.15, 0.2) is 91.0 Å². The molecule has 0 fully saturated rings. The summed E-state index contributed by atoms with van der Waals surface area (Å²) in [7, 11) is 0. The third-order valence-electron chi connectivity index (χ3n) is 4.88. The highest BCUT2D eigenvalue weighted by atomic mass is 16.5. The van der Waals surface area contributed by atoms with Gasteiger partial charge in [0.25, 0.3) is 0 Å². The standard InChI is InChI=1S/C23H19N5O/c1-3-7-17(8-4-1)16-29-20-13-11-19(12-14-20)22-15-21(18-9-5-2-6-10-18)24-23-25-26-27-28(22)23/h1-15,22H,16H2,(H,24,25,27)/t22-/m1/s1. The first kappa shape index (κ1) is 17.2. The molecule has 0 saturated heterocycles. The van der Waals surface area contributed by atoms with Crippen molar-refractivity contribution >= 4 is 11.6 Å². The molecular formula is C23H19N5O. The Kier molecular flexibility index (Phi) is 4.50. The molecule has 0 spiro atoms. The van der Waals surface area contributed by atoms with Crippen LogP contribution < -0.4 is 10.1 Å². The van der Waals surface area contributed by atoms with Gasteiger partial charge < -0.3 is 10.1 Å². The molecule has 6 heteroatoms. The van der Waals surface area contributed by atoms with Gasteiger partial charge in [0.15, 0.2) is 0 Å². The van der Waals surface area contributed by atoms with Crippen LogP contribution in [0, 0.1) is 0 Å². The van der Waals surface area contributed by atoms with E-state index in [-0.39, 0.29) is 6.04 Å². The van der Waals surface area contributed by atoms with Gasteiger partial charge in [-0.15, -0.1) is 0 Å². The molecule has 1 atom stereocenters. The van der Waals surface area contributed by atoms with Gasteiger partial charge in [0, 0.05) is 5.70 Å². The van der Waals surface area contributed by atoms with E-state index >= 15 is 0 Å². The van der Waals surface area contributed by atoms with Crippen LogP contribution in [-0.4, -0.2) is 20.2 Å². The quantitative estimate of drug-likeness (QED) is 0.558. The average molecular weight is 381 g/mol. The van der Waals surface area contributed by atoms with Crippen molar-refractivity contribution in [2.24, 2.45) is 0 Å². The topological polar surface area (TPSA) is 64.9 Å². The maximum absolute atomic E-state index is 5.90. The number of allylic oxidation sites excluding steroid dienone is 1. The lowest BCUT2D eigenvalue weighted by atomic mass is 10.0. The van der Waals surface area contributed by atoms with Crippen molar-refractivity contribution in [1.82, 2.24) is 20.2 Å². The number of nitrogens with zero attached hydrogens (tertiary/aromatic N) is 4. The summed E-state index contributed by atoms with van der Waals surface area (Å²) in [6, 6.07) is 28.3. The zero-order valence-electron chi connectivity index (χ0n) is 15.6. The minimum absolute atomic E-state index is 0.0976. The minimum atomic E-state index is -0.0976. The minimum Gasteiger partial charge on any atom is -0.489 e. The molecule has 142 valence electrons. The highest BCUT2D eigenvalue weighted by Crippen LogP contribution is 2.32. The Labute approximate surface area is 168 Å². The van der Waals surface area contributed by atoms with Crippen molar-refractivity contribution in [3.8, 4) is 5.75 Å². The SMILES string of the molecule is C1=C(c2ccccc2)Nc2nnnn2[C@H]1c1ccc(OCc2ccccc2)cc1. The number of anilines is 1. The van der Waals surface area contributed by atoms with Gasteiger partial charge in [0.1, 0.15) is 18.4 Å². The second-order valence-electron chi connectivity index (χ2n) is 6.81. The van der Waals surface area contributed by atoms with Crippen LogP contribution >= 0.6 is 0 Å². The van der Waals surface area contributed by atoms with E-state index in [1.807, 2.05) is 48.5 Å². The molecule has 1 N–H and O–H groups in total. The highest BCUT2D eigenvalue weighted by molar-refractivity contribution is 5.76. The molecule has 4 aromatic rings. The number of hydrogen-bond acceptors (Lipinski definition) is 5. The highest BCUT2D eigenvalue weighted by Gasteiger charge is 2.24. The summed E-state index contributed by atoms with van der Waals surface area (Å²) in [6.45, 7) is 0.544. The molecule has 3 aromatic carbocycles. The van der Waals surface area contributed by atoms with Crippen molar-refractivity contribution in [1.29, 1.82) is 0 Å². The molecule has 0 bridgehead atoms. The van der Waals surface area contributed by atoms with Gasteiger partial charge in [0.2, 0.25) is 5.95 Å². The van der Waals surface area contributed by atoms with Crippen LogP contribution in [0.4, 0.5) is 5.95 Å². The molecule has 0 aliphatic carbocycles. The Bertz CT molecular complexity index is 1120. The van der Waals surface area contributed by atoms with Crippen molar-refractivity contribution in [3.05, 3.63) is 108 Å². The molecule has 1 aliphatic heterocycles. The van der Waals surface area contributed by atoms with E-state index in [1.165, 1.54) is 0 Å². The fourth-order valence-corrected chi connectivity index (χ4v) is 3.38. The van der Waals surface area contributed by atoms with Gasteiger partial charge in [-0.3, -0.25) is 0 Å². The Morgan fingerprint density at radius 2 is 1.59 bits per heavy atom. The number of fused-ring (bicyclic) bond motifs is 1. The maximum Gasteiger partial charge on any atom is 0.248 e. The summed E-state index contributed by atoms with van der Waals surface area (Å²) in [5.41, 5.74) is 4.31. The zero-order chi connectivity index (χ0) is 19.5. The zero-order valence-corrected chi connectivity index (χ0v) is 15.6. The van der Waals surface area contributed by atoms with E-state index in [0.29, 0.717) is 12.6 Å². The lowest BCUT2D eigenvalue weighted by Gasteiger charge is -2.23. The van der Waals surface area contributed by atoms with Crippen LogP contribution in [0.3, 0.4) is 0 Å². The summed E-state index contributed by atoms with van der Waals surface area (Å²) in [6.07, 6.45) is 2.14. The normalized spacial score (nSPS) is 15.2. The predicted octanol–water partition coefficient (Wildman–Crippen LogP) is 4.31. The number of aromatic nitrogens is 4. The first-order valence-electron chi connectivity index (χ1n) is 9.46. The number of rotatable bonds is 5. The number of benzene rings is 3. The fourth-order valence-electron chi connectivity index (χ4n) is 3.38. The van der Waals surface area contributed by atoms with E-state index in [4.69, 9.17) is 4.74 Å². The van der Waals surface area contributed by atoms with Gasteiger partial charge in [-0.05, 0) is 45.3 Å². The Morgan fingerprint density at radius 1 is 0.862 bits per heavy atom. The molecular weight excluding hydrogens is 362 g/mol. The van der Waals surface area contributed by atoms with Gasteiger partial charge in [-0.1, -0.05) is 77.9 Å². The second-order valence-corrected chi connectivity index (χ2v) is 6.81. The van der Waals surface area contributed by atoms with Crippen LogP contribution in [-0.2, 0) is 6.61 Å². The van der Waals surface area contributed by atoms with Gasteiger partial charge in [-0.2, -0.15) is 4.68 Å². The lowest BCUT2D eigenvalue weighted by molar-refractivity contribution is 0.306. The van der Waals surface area contributed by atoms with E-state index in [0.717, 1.165) is 28.1 Å². The second kappa shape index (κ2) is 7.59. The van der Waals surface area contributed by atoms with Crippen molar-refractivity contribution in [3.63, 3.8) is 0 Å². The monoisotopic (exact) mass is 381 g/mol. The van der Waals surface area contributed by atoms with Crippen molar-refractivity contribution in [2.75, 3.05) is 5.32 Å². The Balaban J connectivity index is 1.40. The predicted molar refractivity (Wildman–Crippen MR) is 111 cm³/mol. The molecule has 0 unspecified atom stereocenters. The molecule has 1 aliphatic rings. The third-order valence-corrected chi connectivity index (χ3v) is 4.88. The van der Waals surface area contributed by atoms with Crippen molar-refractivity contribution in [2.45, 2.75) is 12.6 Å². The van der Waals surface area contributed by atoms with Gasteiger partial charge in [-0.25, -0.2) is 0 Å². The maximum atomic E-state index is 5.90. The van der Waals surface area contributed by atoms with Crippen LogP contribution in [0.25, 0.3) is 5.70 Å². The molecule has 0 radical (unpaired) electrons. The smallest absolute Gasteiger partial charge is 0.248 e. The van der Waals surface area contributed by atoms with E-state index in [2.05, 4.69) is 63.3 Å². The summed E-state index contributed by atoms with van der Waals surface area (Å²) in [5, 5.41) is 15.4. The largest absolute Gasteiger partial charge is 0.489 e. The van der Waals surface area contributed by atoms with Crippen LogP contribution in [0.1, 0.15) is 22.7 Å². The number of nitrogens with one attached hydrogen (secondary N) is 1. The average Bonchev–Trinajstić information content (AvgIpc) is 3.28. The van der Waals surface area contributed by atoms with Gasteiger partial charge in [0.05, 0.1) is 0 Å². The van der Waals surface area contributed by atoms with E-state index in [9.17, 15) is 0 Å². The van der Waals surface area contributed by atoms with Crippen LogP contribution in [0.5, 0.6) is 5.75 Å². The summed E-state index contributed by atoms with van der Waals surface area (Å²) in [5.74, 6) is 1.46. The van der Waals surface area contributed by atoms with E-state index < -0.39 is 0 Å². The Morgan fingerprint density at radius 3 is 2.34 bits per heavy atom. The fraction of sp³-hybridized carbons (Fsp3) is 0.0870. The summed E-state index contributed by atoms with van der Waals surface area (Å²) < 4.78 is 7.69. The molecule has 5 rings (SSSR count). The van der Waals surface area contributed by atoms with Crippen LogP contribution in [0.2, 0.25) is 0 Å². The summed E-state index contributed by atoms with van der Waals surface area (Å²) >= 11 is 0. The summed E-state index contributed by atoms with van der Waals surface area (Å²) in [4.78, 5) is 0.